The maximum absolute atomic E-state index is 13.3. The Bertz CT molecular complexity index is 1200. The molecule has 0 spiro atoms. The number of aromatic nitrogens is 2. The van der Waals surface area contributed by atoms with E-state index in [1.54, 1.807) is 29.6 Å². The van der Waals surface area contributed by atoms with Crippen LogP contribution in [-0.2, 0) is 4.79 Å². The molecule has 1 aromatic heterocycles. The van der Waals surface area contributed by atoms with Gasteiger partial charge in [-0.15, -0.1) is 0 Å². The van der Waals surface area contributed by atoms with E-state index in [4.69, 9.17) is 16.3 Å². The maximum Gasteiger partial charge on any atom is 0.405 e. The van der Waals surface area contributed by atoms with Crippen molar-refractivity contribution >= 4 is 40.2 Å². The molecule has 0 saturated heterocycles. The van der Waals surface area contributed by atoms with Gasteiger partial charge in [-0.1, -0.05) is 29.4 Å². The van der Waals surface area contributed by atoms with E-state index in [-0.39, 0.29) is 10.9 Å². The first-order valence-corrected chi connectivity index (χ1v) is 10.3. The second kappa shape index (κ2) is 9.19. The number of thioether (sulfide) groups is 1. The van der Waals surface area contributed by atoms with Crippen LogP contribution in [-0.4, -0.2) is 41.0 Å². The summed E-state index contributed by atoms with van der Waals surface area (Å²) >= 11 is 6.85. The summed E-state index contributed by atoms with van der Waals surface area (Å²) in [5, 5.41) is 2.57. The molecule has 0 atom stereocenters. The molecule has 31 heavy (non-hydrogen) atoms. The summed E-state index contributed by atoms with van der Waals surface area (Å²) in [5.41, 5.74) is 1.12. The molecule has 0 radical (unpaired) electrons. The molecule has 1 amide bonds. The fourth-order valence-corrected chi connectivity index (χ4v) is 3.80. The number of benzene rings is 2. The zero-order chi connectivity index (χ0) is 22.8. The molecule has 0 aliphatic carbocycles. The largest absolute Gasteiger partial charge is 0.495 e. The lowest BCUT2D eigenvalue weighted by atomic mass is 10.2. The molecule has 0 fully saturated rings. The van der Waals surface area contributed by atoms with Gasteiger partial charge in [-0.25, -0.2) is 4.98 Å². The van der Waals surface area contributed by atoms with Crippen molar-refractivity contribution in [1.29, 1.82) is 0 Å². The van der Waals surface area contributed by atoms with Crippen LogP contribution in [0.5, 0.6) is 5.75 Å². The zero-order valence-corrected chi connectivity index (χ0v) is 18.0. The number of hydrogen-bond acceptors (Lipinski definition) is 5. The first kappa shape index (κ1) is 23.0. The van der Waals surface area contributed by atoms with E-state index in [1.165, 1.54) is 23.8 Å². The first-order valence-electron chi connectivity index (χ1n) is 8.92. The molecule has 0 bridgehead atoms. The van der Waals surface area contributed by atoms with E-state index in [2.05, 4.69) is 4.98 Å². The van der Waals surface area contributed by atoms with Crippen LogP contribution in [0, 0.1) is 6.92 Å². The summed E-state index contributed by atoms with van der Waals surface area (Å²) in [6.45, 7) is 0.394. The van der Waals surface area contributed by atoms with E-state index < -0.39 is 24.2 Å². The third-order valence-corrected chi connectivity index (χ3v) is 5.37. The van der Waals surface area contributed by atoms with E-state index in [1.807, 2.05) is 6.92 Å². The quantitative estimate of drug-likeness (QED) is 0.432. The predicted molar refractivity (Wildman–Crippen MR) is 113 cm³/mol. The predicted octanol–water partition coefficient (Wildman–Crippen LogP) is 4.13. The number of methoxy groups -OCH3 is 1. The lowest BCUT2D eigenvalue weighted by Crippen LogP contribution is -2.35. The molecule has 0 saturated carbocycles. The third kappa shape index (κ3) is 5.50. The van der Waals surface area contributed by atoms with E-state index in [0.29, 0.717) is 27.4 Å². The Labute approximate surface area is 184 Å². The first-order chi connectivity index (χ1) is 14.6. The molecule has 11 heteroatoms. The van der Waals surface area contributed by atoms with Crippen molar-refractivity contribution in [1.82, 2.24) is 14.9 Å². The summed E-state index contributed by atoms with van der Waals surface area (Å²) < 4.78 is 43.7. The average Bonchev–Trinajstić information content (AvgIpc) is 2.70. The number of amides is 1. The molecule has 3 rings (SSSR count). The van der Waals surface area contributed by atoms with Crippen molar-refractivity contribution in [3.8, 4) is 11.4 Å². The van der Waals surface area contributed by atoms with Crippen LogP contribution in [0.4, 0.5) is 13.2 Å². The Hall–Kier alpha value is -2.72. The van der Waals surface area contributed by atoms with Crippen LogP contribution in [0.25, 0.3) is 16.6 Å². The van der Waals surface area contributed by atoms with E-state index in [0.717, 1.165) is 17.3 Å². The molecule has 3 aromatic rings. The topological polar surface area (TPSA) is 73.2 Å². The number of hydrogen-bond donors (Lipinski definition) is 1. The highest BCUT2D eigenvalue weighted by Crippen LogP contribution is 2.28. The molecule has 0 unspecified atom stereocenters. The average molecular weight is 472 g/mol. The minimum Gasteiger partial charge on any atom is -0.495 e. The second-order valence-electron chi connectivity index (χ2n) is 6.55. The van der Waals surface area contributed by atoms with Crippen molar-refractivity contribution in [2.45, 2.75) is 18.3 Å². The minimum absolute atomic E-state index is 0.117. The van der Waals surface area contributed by atoms with Gasteiger partial charge in [0.1, 0.15) is 12.3 Å². The van der Waals surface area contributed by atoms with Crippen molar-refractivity contribution in [2.24, 2.45) is 0 Å². The van der Waals surface area contributed by atoms with Crippen LogP contribution in [0.15, 0.2) is 46.3 Å². The Morgan fingerprint density at radius 3 is 2.68 bits per heavy atom. The molecule has 0 aliphatic heterocycles. The van der Waals surface area contributed by atoms with E-state index in [9.17, 15) is 22.8 Å². The number of fused-ring (bicyclic) bond motifs is 1. The van der Waals surface area contributed by atoms with Crippen molar-refractivity contribution in [2.75, 3.05) is 19.4 Å². The minimum atomic E-state index is -4.52. The van der Waals surface area contributed by atoms with Gasteiger partial charge in [0.15, 0.2) is 5.16 Å². The Morgan fingerprint density at radius 1 is 1.26 bits per heavy atom. The van der Waals surface area contributed by atoms with Crippen LogP contribution >= 0.6 is 23.4 Å². The normalized spacial score (nSPS) is 11.5. The molecule has 1 heterocycles. The number of alkyl halides is 3. The number of carbonyl (C=O) groups excluding carboxylic acids is 1. The highest BCUT2D eigenvalue weighted by Gasteiger charge is 2.28. The Balaban J connectivity index is 2.09. The van der Waals surface area contributed by atoms with Gasteiger partial charge in [0.25, 0.3) is 5.56 Å². The fourth-order valence-electron chi connectivity index (χ4n) is 2.80. The summed E-state index contributed by atoms with van der Waals surface area (Å²) in [6, 6.07) is 9.81. The molecular weight excluding hydrogens is 455 g/mol. The van der Waals surface area contributed by atoms with Crippen LogP contribution in [0.3, 0.4) is 0 Å². The van der Waals surface area contributed by atoms with Gasteiger partial charge in [0.05, 0.1) is 29.5 Å². The lowest BCUT2D eigenvalue weighted by Gasteiger charge is -2.16. The number of nitrogens with zero attached hydrogens (tertiary/aromatic N) is 2. The summed E-state index contributed by atoms with van der Waals surface area (Å²) in [6.07, 6.45) is -4.52. The summed E-state index contributed by atoms with van der Waals surface area (Å²) in [4.78, 5) is 29.6. The highest BCUT2D eigenvalue weighted by molar-refractivity contribution is 7.99. The van der Waals surface area contributed by atoms with Crippen molar-refractivity contribution in [3.05, 3.63) is 57.3 Å². The second-order valence-corrected chi connectivity index (χ2v) is 7.93. The van der Waals surface area contributed by atoms with Crippen LogP contribution < -0.4 is 15.6 Å². The Kier molecular flexibility index (Phi) is 6.80. The molecule has 6 nitrogen and oxygen atoms in total. The van der Waals surface area contributed by atoms with Gasteiger partial charge < -0.3 is 10.1 Å². The standard InChI is InChI=1S/C20H17ClF3N3O3S/c1-11-3-6-16(30-2)15(7-11)27-18(29)13-5-4-12(21)8-14(13)26-19(27)31-9-17(28)25-10-20(22,23)24/h3-8H,9-10H2,1-2H3,(H,25,28). The smallest absolute Gasteiger partial charge is 0.405 e. The monoisotopic (exact) mass is 471 g/mol. The zero-order valence-electron chi connectivity index (χ0n) is 16.4. The highest BCUT2D eigenvalue weighted by atomic mass is 35.5. The van der Waals surface area contributed by atoms with Gasteiger partial charge in [0, 0.05) is 5.02 Å². The Morgan fingerprint density at radius 2 is 2.00 bits per heavy atom. The lowest BCUT2D eigenvalue weighted by molar-refractivity contribution is -0.136. The fraction of sp³-hybridized carbons (Fsp3) is 0.250. The van der Waals surface area contributed by atoms with Gasteiger partial charge >= 0.3 is 6.18 Å². The number of rotatable bonds is 6. The SMILES string of the molecule is COc1ccc(C)cc1-n1c(SCC(=O)NCC(F)(F)F)nc2cc(Cl)ccc2c1=O. The molecule has 164 valence electrons. The van der Waals surface area contributed by atoms with Gasteiger partial charge in [-0.3, -0.25) is 14.2 Å². The molecule has 0 aliphatic rings. The molecule has 1 N–H and O–H groups in total. The summed E-state index contributed by atoms with van der Waals surface area (Å²) in [7, 11) is 1.45. The van der Waals surface area contributed by atoms with Gasteiger partial charge in [0.2, 0.25) is 5.91 Å². The third-order valence-electron chi connectivity index (χ3n) is 4.19. The maximum atomic E-state index is 13.3. The molecular formula is C20H17ClF3N3O3S. The number of halogens is 4. The van der Waals surface area contributed by atoms with Gasteiger partial charge in [-0.2, -0.15) is 13.2 Å². The number of aryl methyl sites for hydroxylation is 1. The van der Waals surface area contributed by atoms with Crippen LogP contribution in [0.2, 0.25) is 5.02 Å². The number of ether oxygens (including phenoxy) is 1. The number of carbonyl (C=O) groups is 1. The molecule has 2 aromatic carbocycles. The number of nitrogens with one attached hydrogen (secondary N) is 1. The van der Waals surface area contributed by atoms with Crippen molar-refractivity contribution in [3.63, 3.8) is 0 Å². The van der Waals surface area contributed by atoms with Gasteiger partial charge in [-0.05, 0) is 42.8 Å². The van der Waals surface area contributed by atoms with Crippen LogP contribution in [0.1, 0.15) is 5.56 Å². The summed E-state index contributed by atoms with van der Waals surface area (Å²) in [5.74, 6) is -0.820. The van der Waals surface area contributed by atoms with E-state index >= 15 is 0 Å². The van der Waals surface area contributed by atoms with Crippen molar-refractivity contribution < 1.29 is 22.7 Å².